The number of carbonyl (C=O) groups excluding carboxylic acids is 2. The van der Waals surface area contributed by atoms with E-state index in [0.717, 1.165) is 0 Å². The summed E-state index contributed by atoms with van der Waals surface area (Å²) in [5.74, 6) is -1.42. The van der Waals surface area contributed by atoms with Crippen molar-refractivity contribution in [3.63, 3.8) is 0 Å². The normalized spacial score (nSPS) is 23.0. The highest BCUT2D eigenvalue weighted by Gasteiger charge is 2.39. The van der Waals surface area contributed by atoms with Crippen LogP contribution in [-0.2, 0) is 19.8 Å². The van der Waals surface area contributed by atoms with E-state index in [0.29, 0.717) is 30.6 Å². The van der Waals surface area contributed by atoms with Gasteiger partial charge in [0, 0.05) is 32.4 Å². The lowest BCUT2D eigenvalue weighted by molar-refractivity contribution is -0.128. The van der Waals surface area contributed by atoms with Crippen LogP contribution in [0.4, 0.5) is 10.1 Å². The zero-order valence-electron chi connectivity index (χ0n) is 15.7. The molecule has 11 heteroatoms. The van der Waals surface area contributed by atoms with Crippen LogP contribution in [0.25, 0.3) is 0 Å². The van der Waals surface area contributed by atoms with E-state index < -0.39 is 22.2 Å². The summed E-state index contributed by atoms with van der Waals surface area (Å²) >= 11 is 0. The number of likely N-dealkylation sites (tertiary alicyclic amines) is 1. The van der Waals surface area contributed by atoms with Crippen molar-refractivity contribution in [3.05, 3.63) is 29.6 Å². The van der Waals surface area contributed by atoms with Gasteiger partial charge >= 0.3 is 0 Å². The van der Waals surface area contributed by atoms with Gasteiger partial charge in [0.15, 0.2) is 0 Å². The van der Waals surface area contributed by atoms with Crippen LogP contribution in [0.3, 0.4) is 0 Å². The number of aryl methyl sites for hydroxylation is 1. The smallest absolute Gasteiger partial charge is 0.280 e. The first-order valence-corrected chi connectivity index (χ1v) is 10.2. The fraction of sp³-hybridized carbons (Fsp3) is 0.529. The number of carbonyl (C=O) groups is 2. The molecule has 28 heavy (non-hydrogen) atoms. The molecule has 2 N–H and O–H groups in total. The van der Waals surface area contributed by atoms with E-state index in [9.17, 15) is 22.4 Å². The van der Waals surface area contributed by atoms with E-state index in [-0.39, 0.29) is 44.2 Å². The third-order valence-corrected chi connectivity index (χ3v) is 6.60. The molecule has 1 unspecified atom stereocenters. The van der Waals surface area contributed by atoms with Crippen LogP contribution in [0.1, 0.15) is 18.4 Å². The Kier molecular flexibility index (Phi) is 7.07. The van der Waals surface area contributed by atoms with Crippen LogP contribution in [-0.4, -0.2) is 62.2 Å². The third kappa shape index (κ3) is 4.83. The molecule has 8 nitrogen and oxygen atoms in total. The van der Waals surface area contributed by atoms with E-state index in [1.54, 1.807) is 14.0 Å². The average Bonchev–Trinajstić information content (AvgIpc) is 3.22. The van der Waals surface area contributed by atoms with Crippen LogP contribution < -0.4 is 10.0 Å². The second-order valence-electron chi connectivity index (χ2n) is 7.02. The van der Waals surface area contributed by atoms with E-state index in [4.69, 9.17) is 0 Å². The topological polar surface area (TPSA) is 98.8 Å². The van der Waals surface area contributed by atoms with Crippen LogP contribution in [0.15, 0.2) is 18.2 Å². The molecule has 2 amide bonds. The van der Waals surface area contributed by atoms with E-state index in [1.165, 1.54) is 27.4 Å². The van der Waals surface area contributed by atoms with Gasteiger partial charge < -0.3 is 10.2 Å². The predicted octanol–water partition coefficient (Wildman–Crippen LogP) is 0.572. The second-order valence-corrected chi connectivity index (χ2v) is 8.72. The molecular weight excluding hydrogens is 407 g/mol. The fourth-order valence-corrected chi connectivity index (χ4v) is 4.76. The predicted molar refractivity (Wildman–Crippen MR) is 108 cm³/mol. The summed E-state index contributed by atoms with van der Waals surface area (Å²) in [6.45, 7) is 2.35. The standard InChI is InChI=1S/C17H23FN4O4S.H2S/c1-11-9-13(3-4-14(11)18)19-16(23)12-5-8-22(10-12)27(25,26)20-15-6-7-21(2)17(15)24;/h3-4,9,12,15,20H,5-8,10H2,1-2H3,(H,19,23);1H2/t12-,15?;/m0./s1. The molecule has 3 rings (SSSR count). The van der Waals surface area contributed by atoms with Crippen molar-refractivity contribution in [1.29, 1.82) is 0 Å². The Labute approximate surface area is 171 Å². The molecule has 2 saturated heterocycles. The summed E-state index contributed by atoms with van der Waals surface area (Å²) < 4.78 is 42.0. The van der Waals surface area contributed by atoms with Crippen molar-refractivity contribution in [3.8, 4) is 0 Å². The minimum atomic E-state index is -3.85. The van der Waals surface area contributed by atoms with Gasteiger partial charge in [-0.2, -0.15) is 30.9 Å². The number of anilines is 1. The molecule has 0 aliphatic carbocycles. The van der Waals surface area contributed by atoms with Gasteiger partial charge in [0.25, 0.3) is 10.2 Å². The monoisotopic (exact) mass is 432 g/mol. The van der Waals surface area contributed by atoms with Crippen LogP contribution in [0.2, 0.25) is 0 Å². The first-order chi connectivity index (χ1) is 12.7. The van der Waals surface area contributed by atoms with Crippen LogP contribution >= 0.6 is 13.5 Å². The first-order valence-electron chi connectivity index (χ1n) is 8.77. The molecule has 2 fully saturated rings. The quantitative estimate of drug-likeness (QED) is 0.711. The Hall–Kier alpha value is -1.69. The van der Waals surface area contributed by atoms with Crippen molar-refractivity contribution < 1.29 is 22.4 Å². The van der Waals surface area contributed by atoms with Gasteiger partial charge in [-0.15, -0.1) is 0 Å². The maximum atomic E-state index is 13.3. The zero-order chi connectivity index (χ0) is 19.8. The Morgan fingerprint density at radius 2 is 1.96 bits per heavy atom. The van der Waals surface area contributed by atoms with Crippen LogP contribution in [0, 0.1) is 18.7 Å². The summed E-state index contributed by atoms with van der Waals surface area (Å²) in [5, 5.41) is 2.70. The van der Waals surface area contributed by atoms with Gasteiger partial charge in [-0.3, -0.25) is 9.59 Å². The number of nitrogens with one attached hydrogen (secondary N) is 2. The number of nitrogens with zero attached hydrogens (tertiary/aromatic N) is 2. The number of halogens is 1. The molecule has 2 heterocycles. The molecule has 2 aliphatic heterocycles. The Morgan fingerprint density at radius 3 is 2.57 bits per heavy atom. The van der Waals surface area contributed by atoms with Gasteiger partial charge in [-0.05, 0) is 43.5 Å². The molecule has 2 atom stereocenters. The molecule has 0 saturated carbocycles. The number of benzene rings is 1. The molecule has 0 aromatic heterocycles. The molecule has 2 aliphatic rings. The molecule has 1 aromatic rings. The summed E-state index contributed by atoms with van der Waals surface area (Å²) in [7, 11) is -2.22. The highest BCUT2D eigenvalue weighted by Crippen LogP contribution is 2.22. The van der Waals surface area contributed by atoms with E-state index in [1.807, 2.05) is 0 Å². The van der Waals surface area contributed by atoms with Gasteiger partial charge in [0.1, 0.15) is 11.9 Å². The van der Waals surface area contributed by atoms with E-state index >= 15 is 0 Å². The second kappa shape index (κ2) is 8.76. The van der Waals surface area contributed by atoms with Crippen molar-refractivity contribution in [2.45, 2.75) is 25.8 Å². The minimum absolute atomic E-state index is 0. The molecule has 0 bridgehead atoms. The third-order valence-electron chi connectivity index (χ3n) is 5.01. The number of amides is 2. The number of likely N-dealkylation sites (N-methyl/N-ethyl adjacent to an activating group) is 1. The molecular formula is C17H25FN4O4S2. The van der Waals surface area contributed by atoms with Crippen LogP contribution in [0.5, 0.6) is 0 Å². The minimum Gasteiger partial charge on any atom is -0.344 e. The Bertz CT molecular complexity index is 865. The lowest BCUT2D eigenvalue weighted by atomic mass is 10.1. The van der Waals surface area contributed by atoms with Crippen molar-refractivity contribution in [2.24, 2.45) is 5.92 Å². The highest BCUT2D eigenvalue weighted by molar-refractivity contribution is 7.87. The Morgan fingerprint density at radius 1 is 1.25 bits per heavy atom. The van der Waals surface area contributed by atoms with Gasteiger partial charge in [-0.1, -0.05) is 0 Å². The zero-order valence-corrected chi connectivity index (χ0v) is 17.6. The SMILES string of the molecule is Cc1cc(NC(=O)[C@H]2CCN(S(=O)(=O)NC3CCN(C)C3=O)C2)ccc1F.S. The van der Waals surface area contributed by atoms with Gasteiger partial charge in [0.2, 0.25) is 11.8 Å². The lowest BCUT2D eigenvalue weighted by Crippen LogP contribution is -2.47. The van der Waals surface area contributed by atoms with Gasteiger partial charge in [-0.25, -0.2) is 4.39 Å². The van der Waals surface area contributed by atoms with E-state index in [2.05, 4.69) is 10.0 Å². The largest absolute Gasteiger partial charge is 0.344 e. The summed E-state index contributed by atoms with van der Waals surface area (Å²) in [5.41, 5.74) is 0.886. The molecule has 0 radical (unpaired) electrons. The molecule has 156 valence electrons. The highest BCUT2D eigenvalue weighted by atomic mass is 32.2. The number of rotatable bonds is 5. The lowest BCUT2D eigenvalue weighted by Gasteiger charge is -2.19. The van der Waals surface area contributed by atoms with Crippen molar-refractivity contribution in [2.75, 3.05) is 32.0 Å². The summed E-state index contributed by atoms with van der Waals surface area (Å²) in [6.07, 6.45) is 0.807. The molecule has 1 aromatic carbocycles. The Balaban J connectivity index is 0.00000280. The summed E-state index contributed by atoms with van der Waals surface area (Å²) in [4.78, 5) is 25.8. The number of hydrogen-bond donors (Lipinski definition) is 2. The van der Waals surface area contributed by atoms with Gasteiger partial charge in [0.05, 0.1) is 5.92 Å². The van der Waals surface area contributed by atoms with Crippen molar-refractivity contribution >= 4 is 41.2 Å². The van der Waals surface area contributed by atoms with Crippen molar-refractivity contribution in [1.82, 2.24) is 13.9 Å². The number of hydrogen-bond acceptors (Lipinski definition) is 4. The molecule has 0 spiro atoms. The maximum Gasteiger partial charge on any atom is 0.280 e. The summed E-state index contributed by atoms with van der Waals surface area (Å²) in [6, 6.07) is 3.51. The average molecular weight is 433 g/mol. The fourth-order valence-electron chi connectivity index (χ4n) is 3.31. The first kappa shape index (κ1) is 22.6. The maximum absolute atomic E-state index is 13.3.